The highest BCUT2D eigenvalue weighted by Gasteiger charge is 2.38. The van der Waals surface area contributed by atoms with Gasteiger partial charge in [-0.1, -0.05) is 0 Å². The fraction of sp³-hybridized carbons (Fsp3) is 0.875. The number of hydrogen-bond donors (Lipinski definition) is 2. The lowest BCUT2D eigenvalue weighted by molar-refractivity contribution is -0.119. The topological polar surface area (TPSA) is 41.1 Å². The maximum atomic E-state index is 11.0. The molecule has 0 unspecified atom stereocenters. The van der Waals surface area contributed by atoms with Gasteiger partial charge in [0, 0.05) is 24.9 Å². The average Bonchev–Trinajstić information content (AvgIpc) is 2.34. The van der Waals surface area contributed by atoms with Gasteiger partial charge in [0.2, 0.25) is 5.91 Å². The fourth-order valence-electron chi connectivity index (χ4n) is 2.08. The molecule has 11 heavy (non-hydrogen) atoms. The highest BCUT2D eigenvalue weighted by molar-refractivity contribution is 5.79. The van der Waals surface area contributed by atoms with Crippen LogP contribution in [-0.2, 0) is 4.79 Å². The van der Waals surface area contributed by atoms with Crippen molar-refractivity contribution in [2.45, 2.75) is 19.3 Å². The Balaban J connectivity index is 2.03. The van der Waals surface area contributed by atoms with E-state index in [2.05, 4.69) is 10.6 Å². The van der Waals surface area contributed by atoms with Gasteiger partial charge in [0.25, 0.3) is 0 Å². The molecule has 0 radical (unpaired) electrons. The molecule has 0 aromatic rings. The van der Waals surface area contributed by atoms with Crippen LogP contribution in [0.5, 0.6) is 0 Å². The smallest absolute Gasteiger partial charge is 0.220 e. The second-order valence-corrected chi connectivity index (χ2v) is 3.73. The Morgan fingerprint density at radius 2 is 2.27 bits per heavy atom. The summed E-state index contributed by atoms with van der Waals surface area (Å²) in [6.45, 7) is 3.03. The third-order valence-corrected chi connectivity index (χ3v) is 2.76. The van der Waals surface area contributed by atoms with Crippen LogP contribution in [0.15, 0.2) is 0 Å². The van der Waals surface area contributed by atoms with E-state index in [1.807, 2.05) is 0 Å². The molecule has 0 aromatic heterocycles. The lowest BCUT2D eigenvalue weighted by atomic mass is 9.80. The minimum absolute atomic E-state index is 0.230. The summed E-state index contributed by atoms with van der Waals surface area (Å²) >= 11 is 0. The van der Waals surface area contributed by atoms with Crippen molar-refractivity contribution in [3.8, 4) is 0 Å². The SMILES string of the molecule is O=C1C[C@]2(CCCNC2)CN1. The molecule has 0 aromatic carbocycles. The van der Waals surface area contributed by atoms with Gasteiger partial charge in [0.15, 0.2) is 0 Å². The van der Waals surface area contributed by atoms with E-state index in [0.717, 1.165) is 26.1 Å². The molecular formula is C8H14N2O. The number of rotatable bonds is 0. The monoisotopic (exact) mass is 154 g/mol. The largest absolute Gasteiger partial charge is 0.355 e. The third kappa shape index (κ3) is 1.25. The first-order valence-electron chi connectivity index (χ1n) is 4.28. The van der Waals surface area contributed by atoms with Crippen molar-refractivity contribution >= 4 is 5.91 Å². The molecule has 1 atom stereocenters. The maximum absolute atomic E-state index is 11.0. The van der Waals surface area contributed by atoms with Crippen molar-refractivity contribution in [3.05, 3.63) is 0 Å². The molecule has 2 rings (SSSR count). The summed E-state index contributed by atoms with van der Waals surface area (Å²) in [5, 5.41) is 6.25. The lowest BCUT2D eigenvalue weighted by Gasteiger charge is -2.31. The van der Waals surface area contributed by atoms with Crippen LogP contribution < -0.4 is 10.6 Å². The quantitative estimate of drug-likeness (QED) is 0.510. The van der Waals surface area contributed by atoms with E-state index in [1.54, 1.807) is 0 Å². The second-order valence-electron chi connectivity index (χ2n) is 3.73. The minimum Gasteiger partial charge on any atom is -0.355 e. The Labute approximate surface area is 66.5 Å². The zero-order valence-corrected chi connectivity index (χ0v) is 6.65. The first kappa shape index (κ1) is 7.10. The Bertz CT molecular complexity index is 173. The standard InChI is InChI=1S/C8H14N2O/c11-7-4-8(6-10-7)2-1-3-9-5-8/h9H,1-6H2,(H,10,11)/t8-/m0/s1. The summed E-state index contributed by atoms with van der Waals surface area (Å²) in [7, 11) is 0. The molecule has 3 nitrogen and oxygen atoms in total. The van der Waals surface area contributed by atoms with Crippen molar-refractivity contribution in [2.24, 2.45) is 5.41 Å². The van der Waals surface area contributed by atoms with E-state index in [0.29, 0.717) is 0 Å². The van der Waals surface area contributed by atoms with Gasteiger partial charge < -0.3 is 10.6 Å². The van der Waals surface area contributed by atoms with Gasteiger partial charge in [-0.2, -0.15) is 0 Å². The summed E-state index contributed by atoms with van der Waals surface area (Å²) in [4.78, 5) is 11.0. The van der Waals surface area contributed by atoms with Crippen LogP contribution in [-0.4, -0.2) is 25.5 Å². The molecule has 0 bridgehead atoms. The van der Waals surface area contributed by atoms with Crippen molar-refractivity contribution in [3.63, 3.8) is 0 Å². The molecule has 3 heteroatoms. The van der Waals surface area contributed by atoms with Crippen molar-refractivity contribution in [1.82, 2.24) is 10.6 Å². The Kier molecular flexibility index (Phi) is 1.60. The zero-order chi connectivity index (χ0) is 7.73. The summed E-state index contributed by atoms with van der Waals surface area (Å²) in [6.07, 6.45) is 3.16. The first-order chi connectivity index (χ1) is 5.31. The summed E-state index contributed by atoms with van der Waals surface area (Å²) in [6, 6.07) is 0. The molecular weight excluding hydrogens is 140 g/mol. The van der Waals surface area contributed by atoms with Gasteiger partial charge in [-0.15, -0.1) is 0 Å². The van der Waals surface area contributed by atoms with Crippen molar-refractivity contribution in [2.75, 3.05) is 19.6 Å². The van der Waals surface area contributed by atoms with Gasteiger partial charge in [0.1, 0.15) is 0 Å². The van der Waals surface area contributed by atoms with E-state index in [-0.39, 0.29) is 11.3 Å². The molecule has 62 valence electrons. The normalized spacial score (nSPS) is 37.6. The lowest BCUT2D eigenvalue weighted by Crippen LogP contribution is -2.41. The van der Waals surface area contributed by atoms with E-state index >= 15 is 0 Å². The number of nitrogens with one attached hydrogen (secondary N) is 2. The Hall–Kier alpha value is -0.570. The number of piperidine rings is 1. The highest BCUT2D eigenvalue weighted by Crippen LogP contribution is 2.32. The molecule has 1 spiro atoms. The molecule has 1 amide bonds. The maximum Gasteiger partial charge on any atom is 0.220 e. The predicted octanol–water partition coefficient (Wildman–Crippen LogP) is -0.124. The van der Waals surface area contributed by atoms with Crippen LogP contribution >= 0.6 is 0 Å². The Morgan fingerprint density at radius 3 is 2.82 bits per heavy atom. The first-order valence-corrected chi connectivity index (χ1v) is 4.28. The van der Waals surface area contributed by atoms with Crippen molar-refractivity contribution < 1.29 is 4.79 Å². The van der Waals surface area contributed by atoms with Gasteiger partial charge in [-0.3, -0.25) is 4.79 Å². The number of carbonyl (C=O) groups excluding carboxylic acids is 1. The zero-order valence-electron chi connectivity index (χ0n) is 6.65. The summed E-state index contributed by atoms with van der Waals surface area (Å²) < 4.78 is 0. The van der Waals surface area contributed by atoms with Gasteiger partial charge in [-0.25, -0.2) is 0 Å². The highest BCUT2D eigenvalue weighted by atomic mass is 16.1. The van der Waals surface area contributed by atoms with Crippen molar-refractivity contribution in [1.29, 1.82) is 0 Å². The molecule has 0 saturated carbocycles. The van der Waals surface area contributed by atoms with E-state index in [9.17, 15) is 4.79 Å². The minimum atomic E-state index is 0.230. The van der Waals surface area contributed by atoms with Gasteiger partial charge in [-0.05, 0) is 19.4 Å². The van der Waals surface area contributed by atoms with Crippen LogP contribution in [0, 0.1) is 5.41 Å². The van der Waals surface area contributed by atoms with Crippen LogP contribution in [0.2, 0.25) is 0 Å². The molecule has 2 aliphatic rings. The molecule has 0 aliphatic carbocycles. The summed E-state index contributed by atoms with van der Waals surface area (Å²) in [5.74, 6) is 0.230. The molecule has 2 fully saturated rings. The van der Waals surface area contributed by atoms with E-state index in [4.69, 9.17) is 0 Å². The number of carbonyl (C=O) groups is 1. The molecule has 2 aliphatic heterocycles. The fourth-order valence-corrected chi connectivity index (χ4v) is 2.08. The van der Waals surface area contributed by atoms with Crippen LogP contribution in [0.3, 0.4) is 0 Å². The summed E-state index contributed by atoms with van der Waals surface area (Å²) in [5.41, 5.74) is 0.273. The number of amides is 1. The average molecular weight is 154 g/mol. The van der Waals surface area contributed by atoms with E-state index in [1.165, 1.54) is 12.8 Å². The number of hydrogen-bond acceptors (Lipinski definition) is 2. The predicted molar refractivity (Wildman–Crippen MR) is 42.2 cm³/mol. The van der Waals surface area contributed by atoms with Crippen LogP contribution in [0.4, 0.5) is 0 Å². The van der Waals surface area contributed by atoms with Gasteiger partial charge in [0.05, 0.1) is 0 Å². The van der Waals surface area contributed by atoms with Crippen LogP contribution in [0.25, 0.3) is 0 Å². The molecule has 2 heterocycles. The molecule has 2 N–H and O–H groups in total. The molecule has 2 saturated heterocycles. The van der Waals surface area contributed by atoms with Gasteiger partial charge >= 0.3 is 0 Å². The third-order valence-electron chi connectivity index (χ3n) is 2.76. The second kappa shape index (κ2) is 2.48. The van der Waals surface area contributed by atoms with E-state index < -0.39 is 0 Å². The Morgan fingerprint density at radius 1 is 1.36 bits per heavy atom. The van der Waals surface area contributed by atoms with Crippen LogP contribution in [0.1, 0.15) is 19.3 Å².